The first kappa shape index (κ1) is 13.1. The Bertz CT molecular complexity index is 655. The number of aliphatic hydroxyl groups excluding tert-OH is 1. The van der Waals surface area contributed by atoms with Crippen molar-refractivity contribution in [2.45, 2.75) is 50.6 Å². The fourth-order valence-corrected chi connectivity index (χ4v) is 5.63. The molecule has 1 unspecified atom stereocenters. The summed E-state index contributed by atoms with van der Waals surface area (Å²) < 4.78 is 16.7. The molecule has 1 spiro atoms. The summed E-state index contributed by atoms with van der Waals surface area (Å²) in [5.41, 5.74) is -1.01. The molecule has 0 amide bonds. The number of esters is 2. The summed E-state index contributed by atoms with van der Waals surface area (Å²) in [6, 6.07) is 0. The Kier molecular flexibility index (Phi) is 2.03. The van der Waals surface area contributed by atoms with Crippen molar-refractivity contribution in [2.75, 3.05) is 6.61 Å². The zero-order chi connectivity index (χ0) is 15.5. The van der Waals surface area contributed by atoms with Gasteiger partial charge in [0.2, 0.25) is 0 Å². The zero-order valence-corrected chi connectivity index (χ0v) is 12.5. The van der Waals surface area contributed by atoms with Crippen LogP contribution in [0.1, 0.15) is 26.7 Å². The van der Waals surface area contributed by atoms with E-state index in [1.165, 1.54) is 0 Å². The molecule has 2 saturated carbocycles. The van der Waals surface area contributed by atoms with Crippen LogP contribution in [0.25, 0.3) is 0 Å². The van der Waals surface area contributed by atoms with E-state index in [9.17, 15) is 14.7 Å². The molecule has 6 heteroatoms. The van der Waals surface area contributed by atoms with Gasteiger partial charge in [0.1, 0.15) is 18.8 Å². The fraction of sp³-hybridized carbons (Fsp3) is 0.750. The lowest BCUT2D eigenvalue weighted by molar-refractivity contribution is -0.156. The molecule has 0 aromatic heterocycles. The molecule has 2 saturated heterocycles. The molecule has 0 bridgehead atoms. The summed E-state index contributed by atoms with van der Waals surface area (Å²) in [5.74, 6) is -0.875. The van der Waals surface area contributed by atoms with Crippen LogP contribution in [-0.4, -0.2) is 47.6 Å². The molecule has 0 aromatic rings. The minimum absolute atomic E-state index is 0.172. The Morgan fingerprint density at radius 3 is 2.86 bits per heavy atom. The third kappa shape index (κ3) is 1.12. The van der Waals surface area contributed by atoms with Crippen molar-refractivity contribution in [3.8, 4) is 0 Å². The van der Waals surface area contributed by atoms with Crippen LogP contribution in [0.5, 0.6) is 0 Å². The second-order valence-electron chi connectivity index (χ2n) is 7.70. The van der Waals surface area contributed by atoms with Gasteiger partial charge in [-0.3, -0.25) is 4.79 Å². The van der Waals surface area contributed by atoms with Crippen molar-refractivity contribution in [3.63, 3.8) is 0 Å². The smallest absolute Gasteiger partial charge is 0.330 e. The molecule has 6 nitrogen and oxygen atoms in total. The van der Waals surface area contributed by atoms with E-state index < -0.39 is 22.5 Å². The van der Waals surface area contributed by atoms with Crippen LogP contribution >= 0.6 is 0 Å². The van der Waals surface area contributed by atoms with E-state index in [1.54, 1.807) is 13.0 Å². The van der Waals surface area contributed by atoms with E-state index >= 15 is 0 Å². The average Bonchev–Trinajstić information content (AvgIpc) is 3.12. The summed E-state index contributed by atoms with van der Waals surface area (Å²) in [6.45, 7) is 4.05. The van der Waals surface area contributed by atoms with Crippen molar-refractivity contribution in [1.82, 2.24) is 0 Å². The highest BCUT2D eigenvalue weighted by atomic mass is 16.7. The molecule has 2 aliphatic carbocycles. The molecule has 5 rings (SSSR count). The first-order valence-corrected chi connectivity index (χ1v) is 7.80. The summed E-state index contributed by atoms with van der Waals surface area (Å²) in [6.07, 6.45) is 1.41. The van der Waals surface area contributed by atoms with Crippen LogP contribution in [0.15, 0.2) is 11.6 Å². The molecule has 3 aliphatic heterocycles. The minimum atomic E-state index is -0.933. The van der Waals surface area contributed by atoms with Gasteiger partial charge in [-0.25, -0.2) is 4.79 Å². The Hall–Kier alpha value is -1.40. The maximum Gasteiger partial charge on any atom is 0.330 e. The SMILES string of the molecule is C[C@]12CC[C@@H](O)[C@]3(C)C(=O)O[C@@H](C13)[C@H]1O[C@]13COC(=O)C=C32. The predicted molar refractivity (Wildman–Crippen MR) is 71.5 cm³/mol. The largest absolute Gasteiger partial charge is 0.459 e. The Balaban J connectivity index is 1.74. The number of rotatable bonds is 0. The van der Waals surface area contributed by atoms with Crippen molar-refractivity contribution in [3.05, 3.63) is 11.6 Å². The molecule has 3 heterocycles. The van der Waals surface area contributed by atoms with E-state index in [2.05, 4.69) is 6.92 Å². The second kappa shape index (κ2) is 3.41. The van der Waals surface area contributed by atoms with Crippen molar-refractivity contribution in [2.24, 2.45) is 16.7 Å². The number of hydrogen-bond acceptors (Lipinski definition) is 6. The monoisotopic (exact) mass is 306 g/mol. The first-order valence-electron chi connectivity index (χ1n) is 7.80. The third-order valence-electron chi connectivity index (χ3n) is 6.77. The molecule has 5 aliphatic rings. The van der Waals surface area contributed by atoms with E-state index in [1.807, 2.05) is 0 Å². The van der Waals surface area contributed by atoms with Gasteiger partial charge in [0.05, 0.1) is 11.5 Å². The predicted octanol–water partition coefficient (Wildman–Crippen LogP) is 0.330. The lowest BCUT2D eigenvalue weighted by Gasteiger charge is -2.54. The summed E-state index contributed by atoms with van der Waals surface area (Å²) >= 11 is 0. The van der Waals surface area contributed by atoms with Gasteiger partial charge in [-0.1, -0.05) is 6.92 Å². The standard InChI is InChI=1S/C16H18O6/c1-14-4-3-8(17)15(2)11(14)10(21-13(15)19)12-16(22-12)6-20-9(18)5-7(14)16/h5,8,10-12,17H,3-4,6H2,1-2H3/t8-,10+,11?,12-,14-,15+,16+/m1/s1. The molecule has 1 N–H and O–H groups in total. The topological polar surface area (TPSA) is 85.4 Å². The number of epoxide rings is 1. The number of carbonyl (C=O) groups excluding carboxylic acids is 2. The van der Waals surface area contributed by atoms with Crippen LogP contribution in [0.4, 0.5) is 0 Å². The Morgan fingerprint density at radius 2 is 2.09 bits per heavy atom. The molecule has 118 valence electrons. The summed E-state index contributed by atoms with van der Waals surface area (Å²) in [5, 5.41) is 10.5. The molecular weight excluding hydrogens is 288 g/mol. The van der Waals surface area contributed by atoms with Gasteiger partial charge < -0.3 is 19.3 Å². The van der Waals surface area contributed by atoms with Gasteiger partial charge in [-0.05, 0) is 30.8 Å². The quantitative estimate of drug-likeness (QED) is 0.513. The average molecular weight is 306 g/mol. The molecular formula is C16H18O6. The second-order valence-corrected chi connectivity index (χ2v) is 7.70. The van der Waals surface area contributed by atoms with Crippen LogP contribution in [0.3, 0.4) is 0 Å². The normalized spacial score (nSPS) is 57.9. The van der Waals surface area contributed by atoms with Gasteiger partial charge in [-0.15, -0.1) is 0 Å². The van der Waals surface area contributed by atoms with Crippen LogP contribution < -0.4 is 0 Å². The van der Waals surface area contributed by atoms with Crippen LogP contribution in [-0.2, 0) is 23.8 Å². The minimum Gasteiger partial charge on any atom is -0.459 e. The van der Waals surface area contributed by atoms with E-state index in [4.69, 9.17) is 14.2 Å². The van der Waals surface area contributed by atoms with Crippen molar-refractivity contribution in [1.29, 1.82) is 0 Å². The maximum absolute atomic E-state index is 12.5. The Labute approximate surface area is 127 Å². The fourth-order valence-electron chi connectivity index (χ4n) is 5.63. The number of ether oxygens (including phenoxy) is 3. The third-order valence-corrected chi connectivity index (χ3v) is 6.77. The summed E-state index contributed by atoms with van der Waals surface area (Å²) in [4.78, 5) is 24.3. The summed E-state index contributed by atoms with van der Waals surface area (Å²) in [7, 11) is 0. The van der Waals surface area contributed by atoms with E-state index in [0.29, 0.717) is 12.8 Å². The highest BCUT2D eigenvalue weighted by Gasteiger charge is 2.81. The molecule has 4 fully saturated rings. The highest BCUT2D eigenvalue weighted by molar-refractivity contribution is 5.87. The van der Waals surface area contributed by atoms with Gasteiger partial charge in [0.15, 0.2) is 5.60 Å². The maximum atomic E-state index is 12.5. The van der Waals surface area contributed by atoms with Gasteiger partial charge in [-0.2, -0.15) is 0 Å². The van der Waals surface area contributed by atoms with Gasteiger partial charge in [0.25, 0.3) is 0 Å². The van der Waals surface area contributed by atoms with E-state index in [0.717, 1.165) is 5.57 Å². The van der Waals surface area contributed by atoms with Crippen LogP contribution in [0, 0.1) is 16.7 Å². The lowest BCUT2D eigenvalue weighted by Crippen LogP contribution is -2.60. The molecule has 22 heavy (non-hydrogen) atoms. The number of fused-ring (bicyclic) bond motifs is 2. The van der Waals surface area contributed by atoms with Crippen molar-refractivity contribution >= 4 is 11.9 Å². The highest BCUT2D eigenvalue weighted by Crippen LogP contribution is 2.71. The molecule has 0 radical (unpaired) electrons. The van der Waals surface area contributed by atoms with Gasteiger partial charge in [0, 0.05) is 12.0 Å². The zero-order valence-electron chi connectivity index (χ0n) is 12.5. The Morgan fingerprint density at radius 1 is 1.32 bits per heavy atom. The molecule has 0 aromatic carbocycles. The first-order chi connectivity index (χ1) is 10.3. The molecule has 7 atom stereocenters. The number of cyclic esters (lactones) is 1. The van der Waals surface area contributed by atoms with Gasteiger partial charge >= 0.3 is 11.9 Å². The number of hydrogen-bond donors (Lipinski definition) is 1. The number of carbonyl (C=O) groups is 2. The van der Waals surface area contributed by atoms with Crippen LogP contribution in [0.2, 0.25) is 0 Å². The van der Waals surface area contributed by atoms with E-state index in [-0.39, 0.29) is 36.7 Å². The van der Waals surface area contributed by atoms with Crippen molar-refractivity contribution < 1.29 is 28.9 Å². The lowest BCUT2D eigenvalue weighted by atomic mass is 9.47. The number of aliphatic hydroxyl groups is 1.